The van der Waals surface area contributed by atoms with Gasteiger partial charge >= 0.3 is 11.3 Å². The van der Waals surface area contributed by atoms with Crippen LogP contribution >= 0.6 is 0 Å². The maximum Gasteiger partial charge on any atom is 0.344 e. The Hall–Kier alpha value is -6.86. The van der Waals surface area contributed by atoms with Crippen LogP contribution in [0.3, 0.4) is 0 Å². The molecule has 0 amide bonds. The molecule has 3 heterocycles. The number of benzene rings is 6. The first-order chi connectivity index (χ1) is 28.3. The summed E-state index contributed by atoms with van der Waals surface area (Å²) in [4.78, 5) is 30.8. The second-order valence-corrected chi connectivity index (χ2v) is 14.9. The normalized spacial score (nSPS) is 11.6. The van der Waals surface area contributed by atoms with E-state index in [0.29, 0.717) is 22.3 Å². The third-order valence-electron chi connectivity index (χ3n) is 11.8. The van der Waals surface area contributed by atoms with Crippen LogP contribution in [0, 0.1) is 0 Å². The van der Waals surface area contributed by atoms with Gasteiger partial charge < -0.3 is 23.2 Å². The Labute approximate surface area is 337 Å². The third kappa shape index (κ3) is 6.42. The van der Waals surface area contributed by atoms with Crippen LogP contribution in [0.25, 0.3) is 88.3 Å². The van der Waals surface area contributed by atoms with Gasteiger partial charge in [0.05, 0.1) is 11.1 Å². The van der Waals surface area contributed by atoms with E-state index in [2.05, 4.69) is 122 Å². The zero-order valence-electron chi connectivity index (χ0n) is 33.5. The van der Waals surface area contributed by atoms with Crippen LogP contribution in [0.4, 0.5) is 11.4 Å². The molecule has 0 saturated heterocycles. The van der Waals surface area contributed by atoms with Gasteiger partial charge in [0.25, 0.3) is 0 Å². The highest BCUT2D eigenvalue weighted by molar-refractivity contribution is 6.10. The van der Waals surface area contributed by atoms with E-state index >= 15 is 0 Å². The number of aromatic nitrogens is 1. The second-order valence-electron chi connectivity index (χ2n) is 14.9. The quantitative estimate of drug-likeness (QED) is 0.129. The van der Waals surface area contributed by atoms with Crippen molar-refractivity contribution in [2.45, 2.75) is 27.7 Å². The Bertz CT molecular complexity index is 2900. The van der Waals surface area contributed by atoms with E-state index in [4.69, 9.17) is 8.83 Å². The van der Waals surface area contributed by atoms with E-state index in [-0.39, 0.29) is 11.3 Å². The highest BCUT2D eigenvalue weighted by Gasteiger charge is 2.15. The van der Waals surface area contributed by atoms with Crippen LogP contribution in [0.2, 0.25) is 0 Å². The summed E-state index contributed by atoms with van der Waals surface area (Å²) in [6.07, 6.45) is 0. The minimum absolute atomic E-state index is 0.341. The number of hydrogen-bond donors (Lipinski definition) is 0. The first-order valence-electron chi connectivity index (χ1n) is 20.2. The van der Waals surface area contributed by atoms with Crippen LogP contribution in [0.15, 0.2) is 152 Å². The Balaban J connectivity index is 0.977. The zero-order valence-corrected chi connectivity index (χ0v) is 33.5. The van der Waals surface area contributed by atoms with E-state index < -0.39 is 0 Å². The van der Waals surface area contributed by atoms with E-state index in [1.165, 1.54) is 10.8 Å². The lowest BCUT2D eigenvalue weighted by Crippen LogP contribution is -2.21. The van der Waals surface area contributed by atoms with Gasteiger partial charge in [-0.15, -0.1) is 0 Å². The Morgan fingerprint density at radius 3 is 1.17 bits per heavy atom. The van der Waals surface area contributed by atoms with E-state index in [1.807, 2.05) is 60.7 Å². The Morgan fingerprint density at radius 1 is 0.431 bits per heavy atom. The molecule has 0 aliphatic heterocycles. The van der Waals surface area contributed by atoms with E-state index in [9.17, 15) is 9.59 Å². The Kier molecular flexibility index (Phi) is 9.44. The van der Waals surface area contributed by atoms with Crippen LogP contribution in [-0.2, 0) is 7.05 Å². The first kappa shape index (κ1) is 36.8. The Morgan fingerprint density at radius 2 is 0.793 bits per heavy atom. The van der Waals surface area contributed by atoms with Crippen molar-refractivity contribution in [3.63, 3.8) is 0 Å². The molecule has 0 bridgehead atoms. The molecule has 0 saturated carbocycles. The van der Waals surface area contributed by atoms with Gasteiger partial charge in [0.2, 0.25) is 0 Å². The molecular formula is C51H45N3O4. The van der Waals surface area contributed by atoms with Crippen molar-refractivity contribution in [2.75, 3.05) is 36.0 Å². The fourth-order valence-electron chi connectivity index (χ4n) is 8.42. The van der Waals surface area contributed by atoms with Crippen molar-refractivity contribution in [3.05, 3.63) is 154 Å². The van der Waals surface area contributed by atoms with Gasteiger partial charge in [0.1, 0.15) is 11.2 Å². The summed E-state index contributed by atoms with van der Waals surface area (Å²) in [5.74, 6) is 0. The number of hydrogen-bond acceptors (Lipinski definition) is 6. The summed E-state index contributed by atoms with van der Waals surface area (Å²) in [6, 6.07) is 45.4. The van der Waals surface area contributed by atoms with Crippen LogP contribution in [0.5, 0.6) is 0 Å². The van der Waals surface area contributed by atoms with Crippen molar-refractivity contribution in [1.82, 2.24) is 4.57 Å². The molecule has 0 N–H and O–H groups in total. The van der Waals surface area contributed by atoms with Gasteiger partial charge in [0, 0.05) is 89.3 Å². The summed E-state index contributed by atoms with van der Waals surface area (Å²) >= 11 is 0. The summed E-state index contributed by atoms with van der Waals surface area (Å²) in [6.45, 7) is 12.0. The standard InChI is InChI=1S/C51H45N3O4/c1-6-53(7-2)40-22-18-38-26-44(50(55)57-48(38)30-40)34-14-10-32(11-15-34)36-20-24-42-43-25-21-37(29-47(43)52(5)46(42)28-36)33-12-16-35(17-13-33)45-27-39-19-23-41(54(8-3)9-4)31-49(39)58-51(45)56/h10-31H,6-9H2,1-5H3. The molecule has 0 unspecified atom stereocenters. The number of nitrogens with zero attached hydrogens (tertiary/aromatic N) is 3. The van der Waals surface area contributed by atoms with Gasteiger partial charge in [-0.3, -0.25) is 0 Å². The molecular weight excluding hydrogens is 719 g/mol. The second kappa shape index (κ2) is 14.9. The largest absolute Gasteiger partial charge is 0.422 e. The van der Waals surface area contributed by atoms with Crippen LogP contribution in [-0.4, -0.2) is 30.7 Å². The van der Waals surface area contributed by atoms with Crippen molar-refractivity contribution in [3.8, 4) is 44.5 Å². The fraction of sp³-hybridized carbons (Fsp3) is 0.176. The molecule has 0 radical (unpaired) electrons. The number of aryl methyl sites for hydroxylation is 1. The number of fused-ring (bicyclic) bond motifs is 5. The minimum Gasteiger partial charge on any atom is -0.422 e. The lowest BCUT2D eigenvalue weighted by atomic mass is 9.98. The summed E-state index contributed by atoms with van der Waals surface area (Å²) in [7, 11) is 2.11. The van der Waals surface area contributed by atoms with Crippen molar-refractivity contribution >= 4 is 55.1 Å². The molecule has 0 fully saturated rings. The molecule has 9 aromatic rings. The molecule has 6 aromatic carbocycles. The molecule has 0 aliphatic rings. The maximum absolute atomic E-state index is 13.2. The first-order valence-corrected chi connectivity index (χ1v) is 20.2. The third-order valence-corrected chi connectivity index (χ3v) is 11.8. The molecule has 7 heteroatoms. The van der Waals surface area contributed by atoms with Gasteiger partial charge in [-0.1, -0.05) is 72.8 Å². The molecule has 0 aliphatic carbocycles. The molecule has 0 atom stereocenters. The monoisotopic (exact) mass is 763 g/mol. The smallest absolute Gasteiger partial charge is 0.344 e. The van der Waals surface area contributed by atoms with Gasteiger partial charge in [-0.05, 0) is 110 Å². The molecule has 9 rings (SSSR count). The van der Waals surface area contributed by atoms with Gasteiger partial charge in [0.15, 0.2) is 0 Å². The molecule has 3 aromatic heterocycles. The van der Waals surface area contributed by atoms with Crippen molar-refractivity contribution in [1.29, 1.82) is 0 Å². The average Bonchev–Trinajstić information content (AvgIpc) is 3.54. The summed E-state index contributed by atoms with van der Waals surface area (Å²) in [5, 5.41) is 4.17. The van der Waals surface area contributed by atoms with E-state index in [0.717, 1.165) is 92.7 Å². The van der Waals surface area contributed by atoms with Gasteiger partial charge in [-0.2, -0.15) is 0 Å². The highest BCUT2D eigenvalue weighted by Crippen LogP contribution is 2.36. The fourth-order valence-corrected chi connectivity index (χ4v) is 8.42. The number of rotatable bonds is 10. The molecule has 288 valence electrons. The number of anilines is 2. The van der Waals surface area contributed by atoms with Crippen molar-refractivity contribution in [2.24, 2.45) is 7.05 Å². The summed E-state index contributed by atoms with van der Waals surface area (Å²) < 4.78 is 13.9. The van der Waals surface area contributed by atoms with Crippen LogP contribution in [0.1, 0.15) is 27.7 Å². The highest BCUT2D eigenvalue weighted by atomic mass is 16.4. The predicted molar refractivity (Wildman–Crippen MR) is 241 cm³/mol. The zero-order chi connectivity index (χ0) is 40.1. The maximum atomic E-state index is 13.2. The average molecular weight is 764 g/mol. The lowest BCUT2D eigenvalue weighted by molar-refractivity contribution is 0.563. The van der Waals surface area contributed by atoms with Crippen LogP contribution < -0.4 is 21.1 Å². The SMILES string of the molecule is CCN(CC)c1ccc2cc(-c3ccc(-c4ccc5c6ccc(-c7ccc(-c8cc9ccc(N(CC)CC)cc9oc8=O)cc7)cc6n(C)c5c4)cc3)c(=O)oc2c1. The topological polar surface area (TPSA) is 71.8 Å². The van der Waals surface area contributed by atoms with E-state index in [1.54, 1.807) is 0 Å². The predicted octanol–water partition coefficient (Wildman–Crippen LogP) is 11.9. The molecule has 0 spiro atoms. The van der Waals surface area contributed by atoms with Crippen molar-refractivity contribution < 1.29 is 8.83 Å². The minimum atomic E-state index is -0.341. The summed E-state index contributed by atoms with van der Waals surface area (Å²) in [5.41, 5.74) is 11.9. The lowest BCUT2D eigenvalue weighted by Gasteiger charge is -2.21. The molecule has 7 nitrogen and oxygen atoms in total. The van der Waals surface area contributed by atoms with Gasteiger partial charge in [-0.25, -0.2) is 9.59 Å². The molecule has 58 heavy (non-hydrogen) atoms.